The lowest BCUT2D eigenvalue weighted by Gasteiger charge is -2.25. The van der Waals surface area contributed by atoms with Gasteiger partial charge in [-0.2, -0.15) is 16.1 Å². The standard InChI is InChI=1S/C12H22N2O2S3/c1-5-11(9-17-4)14(3)19(15,16)12-6-10(7-13-2)8-18-12/h6,8,11,13H,5,7,9H2,1-4H3. The van der Waals surface area contributed by atoms with Crippen molar-refractivity contribution in [2.75, 3.05) is 26.1 Å². The molecule has 0 spiro atoms. The van der Waals surface area contributed by atoms with Crippen molar-refractivity contribution in [3.05, 3.63) is 17.0 Å². The normalized spacial score (nSPS) is 13.9. The Bertz CT molecular complexity index is 485. The molecular weight excluding hydrogens is 300 g/mol. The summed E-state index contributed by atoms with van der Waals surface area (Å²) in [6, 6.07) is 1.81. The topological polar surface area (TPSA) is 49.4 Å². The van der Waals surface area contributed by atoms with Gasteiger partial charge in [0.1, 0.15) is 4.21 Å². The summed E-state index contributed by atoms with van der Waals surface area (Å²) in [6.45, 7) is 2.71. The van der Waals surface area contributed by atoms with Crippen LogP contribution in [0.2, 0.25) is 0 Å². The van der Waals surface area contributed by atoms with Gasteiger partial charge < -0.3 is 5.32 Å². The van der Waals surface area contributed by atoms with Crippen LogP contribution in [0.15, 0.2) is 15.7 Å². The van der Waals surface area contributed by atoms with Crippen molar-refractivity contribution in [3.63, 3.8) is 0 Å². The SMILES string of the molecule is CCC(CSC)N(C)S(=O)(=O)c1cc(CNC)cs1. The smallest absolute Gasteiger partial charge is 0.252 e. The van der Waals surface area contributed by atoms with Gasteiger partial charge in [-0.1, -0.05) is 6.92 Å². The molecular formula is C12H22N2O2S3. The molecule has 1 unspecified atom stereocenters. The van der Waals surface area contributed by atoms with Crippen LogP contribution < -0.4 is 5.32 Å². The number of nitrogens with one attached hydrogen (secondary N) is 1. The molecule has 7 heteroatoms. The number of rotatable bonds is 8. The molecule has 0 radical (unpaired) electrons. The quantitative estimate of drug-likeness (QED) is 0.797. The maximum atomic E-state index is 12.5. The maximum Gasteiger partial charge on any atom is 0.252 e. The van der Waals surface area contributed by atoms with Crippen LogP contribution in [0, 0.1) is 0 Å². The van der Waals surface area contributed by atoms with E-state index in [1.807, 2.05) is 25.6 Å². The average Bonchev–Trinajstić information content (AvgIpc) is 2.85. The summed E-state index contributed by atoms with van der Waals surface area (Å²) < 4.78 is 27.0. The van der Waals surface area contributed by atoms with Gasteiger partial charge in [-0.05, 0) is 36.7 Å². The molecule has 1 heterocycles. The zero-order chi connectivity index (χ0) is 14.5. The predicted molar refractivity (Wildman–Crippen MR) is 84.5 cm³/mol. The third-order valence-electron chi connectivity index (χ3n) is 2.99. The van der Waals surface area contributed by atoms with Crippen LogP contribution >= 0.6 is 23.1 Å². The Balaban J connectivity index is 2.94. The molecule has 1 aromatic rings. The van der Waals surface area contributed by atoms with Crippen LogP contribution in [0.4, 0.5) is 0 Å². The Kier molecular flexibility index (Phi) is 6.82. The molecule has 4 nitrogen and oxygen atoms in total. The van der Waals surface area contributed by atoms with Gasteiger partial charge in [-0.25, -0.2) is 8.42 Å². The van der Waals surface area contributed by atoms with Crippen molar-refractivity contribution < 1.29 is 8.42 Å². The number of sulfonamides is 1. The van der Waals surface area contributed by atoms with Gasteiger partial charge in [0.2, 0.25) is 0 Å². The molecule has 1 aromatic heterocycles. The molecule has 0 fully saturated rings. The first-order chi connectivity index (χ1) is 8.97. The van der Waals surface area contributed by atoms with E-state index >= 15 is 0 Å². The van der Waals surface area contributed by atoms with Crippen LogP contribution in [-0.4, -0.2) is 44.9 Å². The summed E-state index contributed by atoms with van der Waals surface area (Å²) in [7, 11) is 0.169. The van der Waals surface area contributed by atoms with Crippen LogP contribution in [0.5, 0.6) is 0 Å². The molecule has 0 saturated carbocycles. The summed E-state index contributed by atoms with van der Waals surface area (Å²) in [4.78, 5) is 0. The third-order valence-corrected chi connectivity index (χ3v) is 7.08. The van der Waals surface area contributed by atoms with Gasteiger partial charge in [-0.15, -0.1) is 11.3 Å². The second-order valence-corrected chi connectivity index (χ2v) is 8.39. The summed E-state index contributed by atoms with van der Waals surface area (Å²) in [6.07, 6.45) is 2.82. The molecule has 19 heavy (non-hydrogen) atoms. The van der Waals surface area contributed by atoms with Crippen molar-refractivity contribution in [2.45, 2.75) is 30.1 Å². The van der Waals surface area contributed by atoms with E-state index in [2.05, 4.69) is 5.32 Å². The molecule has 0 aliphatic heterocycles. The second-order valence-electron chi connectivity index (χ2n) is 4.34. The third kappa shape index (κ3) is 4.19. The lowest BCUT2D eigenvalue weighted by molar-refractivity contribution is 0.386. The number of hydrogen-bond donors (Lipinski definition) is 1. The van der Waals surface area contributed by atoms with Crippen molar-refractivity contribution in [2.24, 2.45) is 0 Å². The second kappa shape index (κ2) is 7.64. The Morgan fingerprint density at radius 3 is 2.74 bits per heavy atom. The van der Waals surface area contributed by atoms with E-state index in [9.17, 15) is 8.42 Å². The Labute approximate surface area is 124 Å². The van der Waals surface area contributed by atoms with Crippen molar-refractivity contribution in [1.82, 2.24) is 9.62 Å². The first-order valence-electron chi connectivity index (χ1n) is 6.16. The Morgan fingerprint density at radius 1 is 1.53 bits per heavy atom. The van der Waals surface area contributed by atoms with Crippen LogP contribution in [0.25, 0.3) is 0 Å². The van der Waals surface area contributed by atoms with E-state index in [4.69, 9.17) is 0 Å². The zero-order valence-electron chi connectivity index (χ0n) is 11.8. The molecule has 0 bridgehead atoms. The van der Waals surface area contributed by atoms with Gasteiger partial charge in [0.05, 0.1) is 0 Å². The molecule has 110 valence electrons. The average molecular weight is 323 g/mol. The fourth-order valence-corrected chi connectivity index (χ4v) is 5.56. The number of hydrogen-bond acceptors (Lipinski definition) is 5. The largest absolute Gasteiger partial charge is 0.316 e. The van der Waals surface area contributed by atoms with E-state index in [0.29, 0.717) is 10.8 Å². The highest BCUT2D eigenvalue weighted by Gasteiger charge is 2.28. The summed E-state index contributed by atoms with van der Waals surface area (Å²) >= 11 is 2.97. The summed E-state index contributed by atoms with van der Waals surface area (Å²) in [5, 5.41) is 4.92. The van der Waals surface area contributed by atoms with Gasteiger partial charge >= 0.3 is 0 Å². The van der Waals surface area contributed by atoms with Gasteiger partial charge in [0.25, 0.3) is 10.0 Å². The molecule has 0 saturated heterocycles. The minimum atomic E-state index is -3.36. The monoisotopic (exact) mass is 322 g/mol. The summed E-state index contributed by atoms with van der Waals surface area (Å²) in [5.74, 6) is 0.820. The summed E-state index contributed by atoms with van der Waals surface area (Å²) in [5.41, 5.74) is 1.01. The Hall–Kier alpha value is -0.0800. The van der Waals surface area contributed by atoms with Crippen molar-refractivity contribution in [3.8, 4) is 0 Å². The van der Waals surface area contributed by atoms with E-state index in [1.54, 1.807) is 24.9 Å². The first kappa shape index (κ1) is 17.0. The Morgan fingerprint density at radius 2 is 2.21 bits per heavy atom. The molecule has 0 aliphatic carbocycles. The molecule has 0 aromatic carbocycles. The minimum absolute atomic E-state index is 0.0508. The van der Waals surface area contributed by atoms with E-state index < -0.39 is 10.0 Å². The van der Waals surface area contributed by atoms with Gasteiger partial charge in [-0.3, -0.25) is 0 Å². The highest BCUT2D eigenvalue weighted by molar-refractivity contribution is 7.98. The highest BCUT2D eigenvalue weighted by Crippen LogP contribution is 2.25. The molecule has 1 rings (SSSR count). The highest BCUT2D eigenvalue weighted by atomic mass is 32.2. The lowest BCUT2D eigenvalue weighted by atomic mass is 10.3. The van der Waals surface area contributed by atoms with Crippen molar-refractivity contribution in [1.29, 1.82) is 0 Å². The van der Waals surface area contributed by atoms with Gasteiger partial charge in [0.15, 0.2) is 0 Å². The van der Waals surface area contributed by atoms with Crippen molar-refractivity contribution >= 4 is 33.1 Å². The maximum absolute atomic E-state index is 12.5. The first-order valence-corrected chi connectivity index (χ1v) is 9.87. The van der Waals surface area contributed by atoms with Crippen LogP contribution in [0.3, 0.4) is 0 Å². The van der Waals surface area contributed by atoms with E-state index in [-0.39, 0.29) is 6.04 Å². The molecule has 0 amide bonds. The van der Waals surface area contributed by atoms with E-state index in [0.717, 1.165) is 17.7 Å². The molecule has 1 atom stereocenters. The lowest BCUT2D eigenvalue weighted by Crippen LogP contribution is -2.37. The van der Waals surface area contributed by atoms with Crippen LogP contribution in [0.1, 0.15) is 18.9 Å². The number of nitrogens with zero attached hydrogens (tertiary/aromatic N) is 1. The number of thiophene rings is 1. The van der Waals surface area contributed by atoms with Crippen LogP contribution in [-0.2, 0) is 16.6 Å². The molecule has 1 N–H and O–H groups in total. The fourth-order valence-electron chi connectivity index (χ4n) is 1.80. The van der Waals surface area contributed by atoms with Gasteiger partial charge in [0, 0.05) is 25.4 Å². The fraction of sp³-hybridized carbons (Fsp3) is 0.667. The van der Waals surface area contributed by atoms with E-state index in [1.165, 1.54) is 15.6 Å². The minimum Gasteiger partial charge on any atom is -0.316 e. The number of thioether (sulfide) groups is 1. The molecule has 0 aliphatic rings. The zero-order valence-corrected chi connectivity index (χ0v) is 14.3. The predicted octanol–water partition coefficient (Wildman–Crippen LogP) is 2.23.